The number of carbonyl (C=O) groups is 3. The van der Waals surface area contributed by atoms with Crippen molar-refractivity contribution in [1.82, 2.24) is 0 Å². The molecule has 3 aromatic rings. The van der Waals surface area contributed by atoms with Crippen molar-refractivity contribution in [3.05, 3.63) is 96.1 Å². The number of nitrogens with one attached hydrogen (secondary N) is 2. The third-order valence-electron chi connectivity index (χ3n) is 4.82. The molecular weight excluding hydrogens is 392 g/mol. The number of hydrogen-bond donors (Lipinski definition) is 2. The summed E-state index contributed by atoms with van der Waals surface area (Å²) in [4.78, 5) is 37.6. The maximum Gasteiger partial charge on any atom is 0.316 e. The van der Waals surface area contributed by atoms with E-state index in [4.69, 9.17) is 4.74 Å². The van der Waals surface area contributed by atoms with Crippen LogP contribution in [0.2, 0.25) is 0 Å². The van der Waals surface area contributed by atoms with Crippen LogP contribution in [-0.4, -0.2) is 24.4 Å². The zero-order valence-electron chi connectivity index (χ0n) is 17.4. The summed E-state index contributed by atoms with van der Waals surface area (Å²) in [5.41, 5.74) is 1.18. The predicted molar refractivity (Wildman–Crippen MR) is 120 cm³/mol. The first-order valence-corrected chi connectivity index (χ1v) is 9.86. The van der Waals surface area contributed by atoms with Crippen LogP contribution in [0.1, 0.15) is 29.8 Å². The first kappa shape index (κ1) is 21.8. The van der Waals surface area contributed by atoms with Crippen LogP contribution in [0.5, 0.6) is 0 Å². The molecule has 31 heavy (non-hydrogen) atoms. The summed E-state index contributed by atoms with van der Waals surface area (Å²) >= 11 is 0. The van der Waals surface area contributed by atoms with Gasteiger partial charge in [0.25, 0.3) is 11.8 Å². The number of ether oxygens (including phenoxy) is 1. The van der Waals surface area contributed by atoms with Gasteiger partial charge in [0.2, 0.25) is 0 Å². The van der Waals surface area contributed by atoms with Crippen LogP contribution in [0, 0.1) is 0 Å². The van der Waals surface area contributed by atoms with E-state index in [-0.39, 0.29) is 5.91 Å². The van der Waals surface area contributed by atoms with Gasteiger partial charge in [0.05, 0.1) is 16.7 Å². The molecule has 2 N–H and O–H groups in total. The third-order valence-corrected chi connectivity index (χ3v) is 4.82. The van der Waals surface area contributed by atoms with Crippen LogP contribution < -0.4 is 10.6 Å². The van der Waals surface area contributed by atoms with Crippen LogP contribution in [0.15, 0.2) is 84.9 Å². The lowest BCUT2D eigenvalue weighted by molar-refractivity contribution is -0.152. The van der Waals surface area contributed by atoms with Gasteiger partial charge in [-0.2, -0.15) is 0 Å². The summed E-state index contributed by atoms with van der Waals surface area (Å²) in [6.07, 6.45) is 0. The smallest absolute Gasteiger partial charge is 0.316 e. The standard InChI is InChI=1S/C25H24N2O4/c1-25(2,18-11-5-3-6-12-18)24(30)31-17-22(28)27-21-16-10-9-15-20(21)23(29)26-19-13-7-4-8-14-19/h3-16H,17H2,1-2H3,(H,26,29)(H,27,28). The average molecular weight is 416 g/mol. The second kappa shape index (κ2) is 9.71. The molecule has 0 aliphatic rings. The van der Waals surface area contributed by atoms with Crippen molar-refractivity contribution in [2.75, 3.05) is 17.2 Å². The van der Waals surface area contributed by atoms with E-state index in [9.17, 15) is 14.4 Å². The molecule has 0 bridgehead atoms. The summed E-state index contributed by atoms with van der Waals surface area (Å²) in [5, 5.41) is 5.43. The minimum Gasteiger partial charge on any atom is -0.455 e. The first-order valence-electron chi connectivity index (χ1n) is 9.86. The molecule has 0 aromatic heterocycles. The Hall–Kier alpha value is -3.93. The van der Waals surface area contributed by atoms with Gasteiger partial charge < -0.3 is 15.4 Å². The van der Waals surface area contributed by atoms with Crippen molar-refractivity contribution < 1.29 is 19.1 Å². The highest BCUT2D eigenvalue weighted by molar-refractivity contribution is 6.10. The molecule has 0 radical (unpaired) electrons. The van der Waals surface area contributed by atoms with Crippen LogP contribution in [0.25, 0.3) is 0 Å². The molecule has 6 nitrogen and oxygen atoms in total. The summed E-state index contributed by atoms with van der Waals surface area (Å²) < 4.78 is 5.24. The third kappa shape index (κ3) is 5.57. The van der Waals surface area contributed by atoms with E-state index in [1.807, 2.05) is 48.5 Å². The van der Waals surface area contributed by atoms with Gasteiger partial charge >= 0.3 is 5.97 Å². The van der Waals surface area contributed by atoms with Crippen LogP contribution in [0.4, 0.5) is 11.4 Å². The van der Waals surface area contributed by atoms with E-state index in [1.165, 1.54) is 0 Å². The largest absolute Gasteiger partial charge is 0.455 e. The molecule has 0 fully saturated rings. The number of carbonyl (C=O) groups excluding carboxylic acids is 3. The van der Waals surface area contributed by atoms with Gasteiger partial charge in [-0.15, -0.1) is 0 Å². The molecule has 0 unspecified atom stereocenters. The first-order chi connectivity index (χ1) is 14.9. The predicted octanol–water partition coefficient (Wildman–Crippen LogP) is 4.40. The average Bonchev–Trinajstić information content (AvgIpc) is 2.79. The molecule has 6 heteroatoms. The Morgan fingerprint density at radius 3 is 2.03 bits per heavy atom. The van der Waals surface area contributed by atoms with Crippen molar-refractivity contribution >= 4 is 29.2 Å². The van der Waals surface area contributed by atoms with Gasteiger partial charge in [0, 0.05) is 5.69 Å². The van der Waals surface area contributed by atoms with Gasteiger partial charge in [0.1, 0.15) is 0 Å². The fourth-order valence-electron chi connectivity index (χ4n) is 2.98. The zero-order chi connectivity index (χ0) is 22.3. The molecule has 0 heterocycles. The molecule has 0 saturated carbocycles. The number of benzene rings is 3. The lowest BCUT2D eigenvalue weighted by Crippen LogP contribution is -2.33. The Morgan fingerprint density at radius 2 is 1.35 bits per heavy atom. The minimum atomic E-state index is -0.894. The lowest BCUT2D eigenvalue weighted by atomic mass is 9.85. The number of amides is 2. The van der Waals surface area contributed by atoms with Crippen molar-refractivity contribution in [3.8, 4) is 0 Å². The Bertz CT molecular complexity index is 1060. The molecule has 0 atom stereocenters. The van der Waals surface area contributed by atoms with E-state index < -0.39 is 23.9 Å². The van der Waals surface area contributed by atoms with E-state index >= 15 is 0 Å². The van der Waals surface area contributed by atoms with E-state index in [0.29, 0.717) is 16.9 Å². The molecule has 0 saturated heterocycles. The summed E-state index contributed by atoms with van der Waals surface area (Å²) in [6.45, 7) is 3.03. The van der Waals surface area contributed by atoms with Crippen molar-refractivity contribution in [2.24, 2.45) is 0 Å². The Morgan fingerprint density at radius 1 is 0.774 bits per heavy atom. The number of hydrogen-bond acceptors (Lipinski definition) is 4. The quantitative estimate of drug-likeness (QED) is 0.559. The summed E-state index contributed by atoms with van der Waals surface area (Å²) in [5.74, 6) is -1.40. The molecule has 158 valence electrons. The van der Waals surface area contributed by atoms with E-state index in [1.54, 1.807) is 50.2 Å². The van der Waals surface area contributed by atoms with Crippen molar-refractivity contribution in [2.45, 2.75) is 19.3 Å². The van der Waals surface area contributed by atoms with Gasteiger partial charge in [0.15, 0.2) is 6.61 Å². The van der Waals surface area contributed by atoms with Crippen molar-refractivity contribution in [3.63, 3.8) is 0 Å². The normalized spacial score (nSPS) is 10.8. The maximum absolute atomic E-state index is 12.6. The number of anilines is 2. The molecule has 2 amide bonds. The van der Waals surface area contributed by atoms with E-state index in [0.717, 1.165) is 5.56 Å². The Labute approximate surface area is 181 Å². The second-order valence-electron chi connectivity index (χ2n) is 7.48. The van der Waals surface area contributed by atoms with Crippen LogP contribution in [0.3, 0.4) is 0 Å². The van der Waals surface area contributed by atoms with Gasteiger partial charge in [-0.1, -0.05) is 60.7 Å². The van der Waals surface area contributed by atoms with Gasteiger partial charge in [-0.3, -0.25) is 14.4 Å². The Balaban J connectivity index is 1.62. The van der Waals surface area contributed by atoms with Crippen LogP contribution >= 0.6 is 0 Å². The van der Waals surface area contributed by atoms with E-state index in [2.05, 4.69) is 10.6 Å². The molecule has 3 aromatic carbocycles. The molecule has 0 spiro atoms. The SMILES string of the molecule is CC(C)(C(=O)OCC(=O)Nc1ccccc1C(=O)Nc1ccccc1)c1ccccc1. The highest BCUT2D eigenvalue weighted by atomic mass is 16.5. The summed E-state index contributed by atoms with van der Waals surface area (Å²) in [6, 6.07) is 24.9. The molecule has 0 aliphatic heterocycles. The second-order valence-corrected chi connectivity index (χ2v) is 7.48. The fraction of sp³-hybridized carbons (Fsp3) is 0.160. The Kier molecular flexibility index (Phi) is 6.82. The monoisotopic (exact) mass is 416 g/mol. The van der Waals surface area contributed by atoms with Gasteiger partial charge in [-0.05, 0) is 43.7 Å². The topological polar surface area (TPSA) is 84.5 Å². The fourth-order valence-corrected chi connectivity index (χ4v) is 2.98. The molecular formula is C25H24N2O4. The van der Waals surface area contributed by atoms with Crippen LogP contribution in [-0.2, 0) is 19.7 Å². The minimum absolute atomic E-state index is 0.302. The highest BCUT2D eigenvalue weighted by Crippen LogP contribution is 2.24. The van der Waals surface area contributed by atoms with Crippen molar-refractivity contribution in [1.29, 1.82) is 0 Å². The summed E-state index contributed by atoms with van der Waals surface area (Å²) in [7, 11) is 0. The number of esters is 1. The molecule has 3 rings (SSSR count). The highest BCUT2D eigenvalue weighted by Gasteiger charge is 2.31. The molecule has 0 aliphatic carbocycles. The number of rotatable bonds is 7. The maximum atomic E-state index is 12.6. The lowest BCUT2D eigenvalue weighted by Gasteiger charge is -2.23. The zero-order valence-corrected chi connectivity index (χ0v) is 17.4. The number of para-hydroxylation sites is 2. The van der Waals surface area contributed by atoms with Gasteiger partial charge in [-0.25, -0.2) is 0 Å².